The van der Waals surface area contributed by atoms with E-state index in [4.69, 9.17) is 4.74 Å². The predicted molar refractivity (Wildman–Crippen MR) is 50.4 cm³/mol. The van der Waals surface area contributed by atoms with Gasteiger partial charge in [0.2, 0.25) is 0 Å². The van der Waals surface area contributed by atoms with E-state index in [1.165, 1.54) is 0 Å². The quantitative estimate of drug-likeness (QED) is 0.579. The highest BCUT2D eigenvalue weighted by molar-refractivity contribution is 9.09. The summed E-state index contributed by atoms with van der Waals surface area (Å²) in [5.74, 6) is 0. The van der Waals surface area contributed by atoms with Gasteiger partial charge in [0.15, 0.2) is 0 Å². The summed E-state index contributed by atoms with van der Waals surface area (Å²) in [7, 11) is 0. The molecule has 0 aromatic rings. The van der Waals surface area contributed by atoms with Crippen molar-refractivity contribution in [3.05, 3.63) is 0 Å². The maximum atomic E-state index is 12.3. The monoisotopic (exact) mass is 275 g/mol. The molecule has 14 heavy (non-hydrogen) atoms. The first-order valence-corrected chi connectivity index (χ1v) is 5.65. The van der Waals surface area contributed by atoms with Gasteiger partial charge in [0.1, 0.15) is 0 Å². The van der Waals surface area contributed by atoms with E-state index in [0.717, 1.165) is 6.42 Å². The molecule has 2 nitrogen and oxygen atoms in total. The van der Waals surface area contributed by atoms with Gasteiger partial charge in [-0.3, -0.25) is 0 Å². The molecule has 1 atom stereocenters. The van der Waals surface area contributed by atoms with Gasteiger partial charge in [-0.05, 0) is 12.8 Å². The average molecular weight is 276 g/mol. The summed E-state index contributed by atoms with van der Waals surface area (Å²) in [4.78, 5) is 0.523. The van der Waals surface area contributed by atoms with Crippen molar-refractivity contribution < 1.29 is 17.9 Å². The fourth-order valence-corrected chi connectivity index (χ4v) is 1.70. The Morgan fingerprint density at radius 1 is 1.43 bits per heavy atom. The van der Waals surface area contributed by atoms with Crippen LogP contribution >= 0.6 is 15.9 Å². The van der Waals surface area contributed by atoms with Crippen LogP contribution in [0.3, 0.4) is 0 Å². The molecule has 0 spiro atoms. The fourth-order valence-electron chi connectivity index (χ4n) is 1.52. The van der Waals surface area contributed by atoms with E-state index in [-0.39, 0.29) is 19.2 Å². The van der Waals surface area contributed by atoms with Gasteiger partial charge in [-0.2, -0.15) is 13.2 Å². The first kappa shape index (κ1) is 12.3. The van der Waals surface area contributed by atoms with Crippen molar-refractivity contribution in [3.63, 3.8) is 0 Å². The Labute approximate surface area is 89.5 Å². The maximum Gasteiger partial charge on any atom is 0.460 e. The first-order chi connectivity index (χ1) is 6.54. The Kier molecular flexibility index (Phi) is 4.66. The summed E-state index contributed by atoms with van der Waals surface area (Å²) in [6, 6.07) is 0. The van der Waals surface area contributed by atoms with Crippen molar-refractivity contribution >= 4 is 15.9 Å². The minimum atomic E-state index is -4.21. The lowest BCUT2D eigenvalue weighted by Gasteiger charge is -2.33. The van der Waals surface area contributed by atoms with Crippen LogP contribution in [0.1, 0.15) is 12.8 Å². The zero-order chi connectivity index (χ0) is 10.6. The van der Waals surface area contributed by atoms with Crippen LogP contribution in [-0.4, -0.2) is 42.3 Å². The molecule has 1 aliphatic rings. The number of alkyl halides is 4. The van der Waals surface area contributed by atoms with Crippen molar-refractivity contribution in [1.82, 2.24) is 4.90 Å². The molecule has 0 amide bonds. The lowest BCUT2D eigenvalue weighted by atomic mass is 10.1. The summed E-state index contributed by atoms with van der Waals surface area (Å²) in [5.41, 5.74) is 0. The smallest absolute Gasteiger partial charge is 0.376 e. The van der Waals surface area contributed by atoms with Gasteiger partial charge >= 0.3 is 6.30 Å². The fraction of sp³-hybridized carbons (Fsp3) is 1.00. The second-order valence-electron chi connectivity index (χ2n) is 3.24. The second kappa shape index (κ2) is 5.32. The van der Waals surface area contributed by atoms with Crippen molar-refractivity contribution in [1.29, 1.82) is 0 Å². The van der Waals surface area contributed by atoms with E-state index < -0.39 is 6.30 Å². The topological polar surface area (TPSA) is 12.5 Å². The van der Waals surface area contributed by atoms with E-state index in [9.17, 15) is 13.2 Å². The SMILES string of the molecule is FC(F)(F)N1CCCC(OCCBr)C1. The number of ether oxygens (including phenoxy) is 1. The van der Waals surface area contributed by atoms with Gasteiger partial charge < -0.3 is 4.74 Å². The molecule has 1 rings (SSSR count). The summed E-state index contributed by atoms with van der Waals surface area (Å²) < 4.78 is 42.2. The molecule has 0 aromatic heterocycles. The molecule has 0 aliphatic carbocycles. The second-order valence-corrected chi connectivity index (χ2v) is 4.03. The third-order valence-corrected chi connectivity index (χ3v) is 2.49. The van der Waals surface area contributed by atoms with Gasteiger partial charge in [0, 0.05) is 18.4 Å². The molecule has 1 aliphatic heterocycles. The van der Waals surface area contributed by atoms with E-state index >= 15 is 0 Å². The number of likely N-dealkylation sites (tertiary alicyclic amines) is 1. The van der Waals surface area contributed by atoms with Crippen molar-refractivity contribution in [2.24, 2.45) is 0 Å². The molecule has 1 unspecified atom stereocenters. The predicted octanol–water partition coefficient (Wildman–Crippen LogP) is 2.38. The summed E-state index contributed by atoms with van der Waals surface area (Å²) in [6.45, 7) is 0.532. The molecule has 6 heteroatoms. The number of hydrogen-bond donors (Lipinski definition) is 0. The first-order valence-electron chi connectivity index (χ1n) is 4.53. The summed E-state index contributed by atoms with van der Waals surface area (Å²) in [5, 5.41) is 0.662. The molecule has 84 valence electrons. The maximum absolute atomic E-state index is 12.3. The Balaban J connectivity index is 2.36. The Bertz CT molecular complexity index is 176. The lowest BCUT2D eigenvalue weighted by molar-refractivity contribution is -0.258. The Morgan fingerprint density at radius 2 is 2.14 bits per heavy atom. The average Bonchev–Trinajstić information content (AvgIpc) is 2.14. The van der Waals surface area contributed by atoms with E-state index in [1.54, 1.807) is 0 Å². The third kappa shape index (κ3) is 3.74. The molecular weight excluding hydrogens is 263 g/mol. The van der Waals surface area contributed by atoms with Crippen LogP contribution in [0.2, 0.25) is 0 Å². The number of hydrogen-bond acceptors (Lipinski definition) is 2. The van der Waals surface area contributed by atoms with E-state index in [1.807, 2.05) is 0 Å². The molecule has 1 heterocycles. The Morgan fingerprint density at radius 3 is 2.71 bits per heavy atom. The van der Waals surface area contributed by atoms with Gasteiger partial charge in [-0.25, -0.2) is 4.90 Å². The number of nitrogens with zero attached hydrogens (tertiary/aromatic N) is 1. The van der Waals surface area contributed by atoms with Crippen LogP contribution in [0.4, 0.5) is 13.2 Å². The molecular formula is C8H13BrF3NO. The van der Waals surface area contributed by atoms with Crippen molar-refractivity contribution in [3.8, 4) is 0 Å². The Hall–Kier alpha value is 0.190. The van der Waals surface area contributed by atoms with E-state index in [0.29, 0.717) is 23.3 Å². The molecule has 0 radical (unpaired) electrons. The molecule has 0 N–H and O–H groups in total. The van der Waals surface area contributed by atoms with Crippen LogP contribution in [0, 0.1) is 0 Å². The molecule has 1 fully saturated rings. The van der Waals surface area contributed by atoms with Gasteiger partial charge in [0.05, 0.1) is 12.7 Å². The highest BCUT2D eigenvalue weighted by Gasteiger charge is 2.39. The number of piperidine rings is 1. The van der Waals surface area contributed by atoms with Crippen molar-refractivity contribution in [2.45, 2.75) is 25.2 Å². The van der Waals surface area contributed by atoms with Gasteiger partial charge in [-0.15, -0.1) is 0 Å². The molecule has 0 saturated carbocycles. The molecule has 0 aromatic carbocycles. The summed E-state index contributed by atoms with van der Waals surface area (Å²) in [6.07, 6.45) is -3.22. The van der Waals surface area contributed by atoms with Crippen LogP contribution < -0.4 is 0 Å². The lowest BCUT2D eigenvalue weighted by Crippen LogP contribution is -2.47. The molecule has 1 saturated heterocycles. The molecule has 0 bridgehead atoms. The standard InChI is InChI=1S/C8H13BrF3NO/c9-3-5-14-7-2-1-4-13(6-7)8(10,11)12/h7H,1-6H2. The van der Waals surface area contributed by atoms with Crippen molar-refractivity contribution in [2.75, 3.05) is 25.0 Å². The van der Waals surface area contributed by atoms with Crippen LogP contribution in [0.5, 0.6) is 0 Å². The minimum Gasteiger partial charge on any atom is -0.376 e. The highest BCUT2D eigenvalue weighted by atomic mass is 79.9. The number of rotatable bonds is 3. The third-order valence-electron chi connectivity index (χ3n) is 2.17. The minimum absolute atomic E-state index is 0.0312. The van der Waals surface area contributed by atoms with Crippen LogP contribution in [0.15, 0.2) is 0 Å². The largest absolute Gasteiger partial charge is 0.460 e. The van der Waals surface area contributed by atoms with Gasteiger partial charge in [0.25, 0.3) is 0 Å². The van der Waals surface area contributed by atoms with Crippen LogP contribution in [0.25, 0.3) is 0 Å². The van der Waals surface area contributed by atoms with Crippen LogP contribution in [-0.2, 0) is 4.74 Å². The zero-order valence-corrected chi connectivity index (χ0v) is 9.27. The highest BCUT2D eigenvalue weighted by Crippen LogP contribution is 2.26. The van der Waals surface area contributed by atoms with E-state index in [2.05, 4.69) is 15.9 Å². The normalized spacial score (nSPS) is 25.3. The zero-order valence-electron chi connectivity index (χ0n) is 7.69. The van der Waals surface area contributed by atoms with Gasteiger partial charge in [-0.1, -0.05) is 15.9 Å². The number of halogens is 4. The summed E-state index contributed by atoms with van der Waals surface area (Å²) >= 11 is 3.17.